The van der Waals surface area contributed by atoms with Crippen LogP contribution >= 0.6 is 31.9 Å². The van der Waals surface area contributed by atoms with Crippen molar-refractivity contribution in [1.82, 2.24) is 0 Å². The van der Waals surface area contributed by atoms with E-state index in [-0.39, 0.29) is 0 Å². The van der Waals surface area contributed by atoms with Crippen molar-refractivity contribution in [2.75, 3.05) is 6.61 Å². The first kappa shape index (κ1) is 17.1. The average Bonchev–Trinajstić information content (AvgIpc) is 2.01. The number of hydrogen-bond acceptors (Lipinski definition) is 1. The Morgan fingerprint density at radius 3 is 1.71 bits per heavy atom. The van der Waals surface area contributed by atoms with Gasteiger partial charge in [0.05, 0.1) is 3.39 Å². The molecule has 86 valence electrons. The van der Waals surface area contributed by atoms with Gasteiger partial charge in [0.15, 0.2) is 0 Å². The number of halogens is 2. The molecular formula is C11H22Br2O. The van der Waals surface area contributed by atoms with E-state index in [2.05, 4.69) is 65.6 Å². The summed E-state index contributed by atoms with van der Waals surface area (Å²) < 4.78 is 1.05. The lowest BCUT2D eigenvalue weighted by Crippen LogP contribution is -1.89. The molecule has 0 unspecified atom stereocenters. The molecule has 0 radical (unpaired) electrons. The fraction of sp³-hybridized carbons (Fsp3) is 0.818. The molecule has 1 N–H and O–H groups in total. The molecular weight excluding hydrogens is 308 g/mol. The highest BCUT2D eigenvalue weighted by atomic mass is 79.9. The molecule has 0 aliphatic rings. The van der Waals surface area contributed by atoms with Crippen LogP contribution in [-0.4, -0.2) is 11.7 Å². The largest absolute Gasteiger partial charge is 0.396 e. The van der Waals surface area contributed by atoms with Crippen LogP contribution in [0.5, 0.6) is 0 Å². The number of aliphatic hydroxyl groups excluding tert-OH is 1. The summed E-state index contributed by atoms with van der Waals surface area (Å²) in [5.74, 6) is 1.40. The molecule has 0 aliphatic carbocycles. The molecule has 14 heavy (non-hydrogen) atoms. The van der Waals surface area contributed by atoms with Crippen molar-refractivity contribution in [2.45, 2.75) is 40.5 Å². The molecule has 0 fully saturated rings. The second kappa shape index (κ2) is 11.7. The maximum atomic E-state index is 8.24. The molecule has 0 atom stereocenters. The van der Waals surface area contributed by atoms with Gasteiger partial charge >= 0.3 is 0 Å². The SMILES string of the molecule is CC(C)CC=C(Br)Br.CC(C)CCO. The monoisotopic (exact) mass is 328 g/mol. The second-order valence-corrected chi connectivity index (χ2v) is 6.80. The van der Waals surface area contributed by atoms with Crippen LogP contribution in [0.4, 0.5) is 0 Å². The minimum absolute atomic E-state index is 0.331. The van der Waals surface area contributed by atoms with Crippen LogP contribution in [0.25, 0.3) is 0 Å². The number of allylic oxidation sites excluding steroid dienone is 1. The van der Waals surface area contributed by atoms with Crippen molar-refractivity contribution < 1.29 is 5.11 Å². The van der Waals surface area contributed by atoms with E-state index < -0.39 is 0 Å². The Morgan fingerprint density at radius 1 is 1.14 bits per heavy atom. The summed E-state index contributed by atoms with van der Waals surface area (Å²) >= 11 is 6.56. The zero-order chi connectivity index (χ0) is 11.6. The van der Waals surface area contributed by atoms with Gasteiger partial charge in [0.2, 0.25) is 0 Å². The zero-order valence-electron chi connectivity index (χ0n) is 9.56. The summed E-state index contributed by atoms with van der Waals surface area (Å²) in [6.07, 6.45) is 4.18. The van der Waals surface area contributed by atoms with Gasteiger partial charge in [-0.05, 0) is 56.5 Å². The number of rotatable bonds is 4. The standard InChI is InChI=1S/C6H10Br2.C5H12O/c1-5(2)3-4-6(7)8;1-5(2)3-4-6/h4-5H,3H2,1-2H3;5-6H,3-4H2,1-2H3. The predicted molar refractivity (Wildman–Crippen MR) is 71.9 cm³/mol. The molecule has 0 spiro atoms. The van der Waals surface area contributed by atoms with Gasteiger partial charge in [-0.2, -0.15) is 0 Å². The van der Waals surface area contributed by atoms with Crippen molar-refractivity contribution >= 4 is 31.9 Å². The third kappa shape index (κ3) is 23.0. The molecule has 0 amide bonds. The molecule has 3 heteroatoms. The van der Waals surface area contributed by atoms with Gasteiger partial charge < -0.3 is 5.11 Å². The summed E-state index contributed by atoms with van der Waals surface area (Å²) in [7, 11) is 0. The van der Waals surface area contributed by atoms with Gasteiger partial charge in [-0.3, -0.25) is 0 Å². The highest BCUT2D eigenvalue weighted by Gasteiger charge is 1.88. The molecule has 1 nitrogen and oxygen atoms in total. The van der Waals surface area contributed by atoms with E-state index in [1.807, 2.05) is 0 Å². The third-order valence-corrected chi connectivity index (χ3v) is 2.10. The van der Waals surface area contributed by atoms with E-state index in [1.54, 1.807) is 0 Å². The molecule has 0 aromatic heterocycles. The van der Waals surface area contributed by atoms with E-state index in [4.69, 9.17) is 5.11 Å². The zero-order valence-corrected chi connectivity index (χ0v) is 12.7. The fourth-order valence-electron chi connectivity index (χ4n) is 0.583. The van der Waals surface area contributed by atoms with E-state index in [0.29, 0.717) is 12.5 Å². The molecule has 0 saturated carbocycles. The summed E-state index contributed by atoms with van der Waals surface area (Å²) in [6, 6.07) is 0. The van der Waals surface area contributed by atoms with E-state index in [0.717, 1.165) is 22.2 Å². The Kier molecular flexibility index (Phi) is 14.3. The third-order valence-electron chi connectivity index (χ3n) is 1.45. The predicted octanol–water partition coefficient (Wildman–Crippen LogP) is 4.69. The van der Waals surface area contributed by atoms with Gasteiger partial charge in [0.25, 0.3) is 0 Å². The van der Waals surface area contributed by atoms with Crippen LogP contribution in [0.15, 0.2) is 9.47 Å². The van der Waals surface area contributed by atoms with Crippen LogP contribution in [0.3, 0.4) is 0 Å². The Morgan fingerprint density at radius 2 is 1.64 bits per heavy atom. The smallest absolute Gasteiger partial charge is 0.0564 e. The average molecular weight is 330 g/mol. The highest BCUT2D eigenvalue weighted by Crippen LogP contribution is 2.15. The van der Waals surface area contributed by atoms with Gasteiger partial charge in [0.1, 0.15) is 0 Å². The number of aliphatic hydroxyl groups is 1. The van der Waals surface area contributed by atoms with Crippen molar-refractivity contribution in [1.29, 1.82) is 0 Å². The van der Waals surface area contributed by atoms with Crippen LogP contribution in [0.1, 0.15) is 40.5 Å². The van der Waals surface area contributed by atoms with Crippen molar-refractivity contribution in [3.63, 3.8) is 0 Å². The fourth-order valence-corrected chi connectivity index (χ4v) is 0.957. The first-order chi connectivity index (χ1) is 6.40. The molecule has 0 aliphatic heterocycles. The topological polar surface area (TPSA) is 20.2 Å². The number of hydrogen-bond donors (Lipinski definition) is 1. The van der Waals surface area contributed by atoms with Gasteiger partial charge in [-0.1, -0.05) is 33.8 Å². The maximum absolute atomic E-state index is 8.24. The lowest BCUT2D eigenvalue weighted by Gasteiger charge is -1.95. The van der Waals surface area contributed by atoms with E-state index in [9.17, 15) is 0 Å². The van der Waals surface area contributed by atoms with Gasteiger partial charge in [0, 0.05) is 6.61 Å². The summed E-state index contributed by atoms with van der Waals surface area (Å²) in [6.45, 7) is 8.91. The van der Waals surface area contributed by atoms with Gasteiger partial charge in [-0.15, -0.1) is 0 Å². The Bertz CT molecular complexity index is 138. The molecule has 0 aromatic rings. The normalized spacial score (nSPS) is 9.79. The van der Waals surface area contributed by atoms with Crippen LogP contribution in [-0.2, 0) is 0 Å². The Labute approximate surface area is 105 Å². The van der Waals surface area contributed by atoms with E-state index in [1.165, 1.54) is 0 Å². The maximum Gasteiger partial charge on any atom is 0.0564 e. The minimum atomic E-state index is 0.331. The molecule has 0 bridgehead atoms. The lowest BCUT2D eigenvalue weighted by molar-refractivity contribution is 0.268. The summed E-state index contributed by atoms with van der Waals surface area (Å²) in [5, 5.41) is 8.24. The minimum Gasteiger partial charge on any atom is -0.396 e. The van der Waals surface area contributed by atoms with E-state index >= 15 is 0 Å². The lowest BCUT2D eigenvalue weighted by atomic mass is 10.1. The highest BCUT2D eigenvalue weighted by molar-refractivity contribution is 9.28. The first-order valence-corrected chi connectivity index (χ1v) is 6.60. The van der Waals surface area contributed by atoms with Crippen molar-refractivity contribution in [3.8, 4) is 0 Å². The quantitative estimate of drug-likeness (QED) is 0.793. The second-order valence-electron chi connectivity index (χ2n) is 4.03. The summed E-state index contributed by atoms with van der Waals surface area (Å²) in [4.78, 5) is 0. The molecule has 0 heterocycles. The van der Waals surface area contributed by atoms with Crippen LogP contribution < -0.4 is 0 Å². The van der Waals surface area contributed by atoms with Crippen LogP contribution in [0.2, 0.25) is 0 Å². The Hall–Kier alpha value is 0.660. The van der Waals surface area contributed by atoms with Crippen molar-refractivity contribution in [3.05, 3.63) is 9.47 Å². The molecule has 0 aromatic carbocycles. The molecule has 0 saturated heterocycles. The summed E-state index contributed by atoms with van der Waals surface area (Å²) in [5.41, 5.74) is 0. The van der Waals surface area contributed by atoms with Gasteiger partial charge in [-0.25, -0.2) is 0 Å². The molecule has 0 rings (SSSR count). The van der Waals surface area contributed by atoms with Crippen molar-refractivity contribution in [2.24, 2.45) is 11.8 Å². The van der Waals surface area contributed by atoms with Crippen LogP contribution in [0, 0.1) is 11.8 Å². The Balaban J connectivity index is 0. The first-order valence-electron chi connectivity index (χ1n) is 5.02.